The zero-order valence-corrected chi connectivity index (χ0v) is 8.76. The van der Waals surface area contributed by atoms with Gasteiger partial charge in [0.25, 0.3) is 0 Å². The molecule has 0 aliphatic rings. The van der Waals surface area contributed by atoms with Crippen LogP contribution in [-0.4, -0.2) is 14.8 Å². The molecule has 0 N–H and O–H groups in total. The Balaban J connectivity index is 2.39. The highest BCUT2D eigenvalue weighted by molar-refractivity contribution is 6.51. The summed E-state index contributed by atoms with van der Waals surface area (Å²) in [5.74, 6) is 0. The van der Waals surface area contributed by atoms with Gasteiger partial charge < -0.3 is 4.43 Å². The SMILES string of the molecule is ClC(Cl)O[SiH2]c1ccccc1. The molecular weight excluding hydrogens is 199 g/mol. The molecule has 0 aliphatic heterocycles. The number of hydrogen-bond donors (Lipinski definition) is 0. The standard InChI is InChI=1S/C7H8Cl2OSi/c8-7(9)10-11-6-4-2-1-3-5-6/h1-5,7H,11H2. The molecule has 4 heteroatoms. The molecule has 0 amide bonds. The largest absolute Gasteiger partial charge is 0.391 e. The highest BCUT2D eigenvalue weighted by Gasteiger charge is 1.98. The molecule has 0 bridgehead atoms. The van der Waals surface area contributed by atoms with Gasteiger partial charge in [-0.2, -0.15) is 0 Å². The van der Waals surface area contributed by atoms with Crippen molar-refractivity contribution in [1.29, 1.82) is 0 Å². The van der Waals surface area contributed by atoms with Crippen LogP contribution >= 0.6 is 23.2 Å². The van der Waals surface area contributed by atoms with Crippen molar-refractivity contribution in [3.05, 3.63) is 30.3 Å². The third kappa shape index (κ3) is 3.77. The molecule has 60 valence electrons. The van der Waals surface area contributed by atoms with Crippen molar-refractivity contribution in [2.45, 2.75) is 5.02 Å². The lowest BCUT2D eigenvalue weighted by Gasteiger charge is -2.02. The Morgan fingerprint density at radius 3 is 2.36 bits per heavy atom. The van der Waals surface area contributed by atoms with Crippen LogP contribution in [0.15, 0.2) is 30.3 Å². The maximum atomic E-state index is 5.41. The highest BCUT2D eigenvalue weighted by Crippen LogP contribution is 2.00. The van der Waals surface area contributed by atoms with Gasteiger partial charge in [0, 0.05) is 0 Å². The van der Waals surface area contributed by atoms with Crippen LogP contribution in [-0.2, 0) is 4.43 Å². The second kappa shape index (κ2) is 4.77. The van der Waals surface area contributed by atoms with Crippen LogP contribution < -0.4 is 5.19 Å². The number of benzene rings is 1. The third-order valence-electron chi connectivity index (χ3n) is 1.22. The Kier molecular flexibility index (Phi) is 3.94. The number of halogens is 2. The van der Waals surface area contributed by atoms with Gasteiger partial charge in [-0.3, -0.25) is 0 Å². The van der Waals surface area contributed by atoms with Crippen LogP contribution in [0, 0.1) is 0 Å². The number of rotatable bonds is 3. The molecule has 0 unspecified atom stereocenters. The molecule has 1 aromatic rings. The fourth-order valence-corrected chi connectivity index (χ4v) is 1.89. The summed E-state index contributed by atoms with van der Waals surface area (Å²) >= 11 is 10.8. The average molecular weight is 207 g/mol. The van der Waals surface area contributed by atoms with Crippen molar-refractivity contribution in [1.82, 2.24) is 0 Å². The molecule has 0 atom stereocenters. The minimum Gasteiger partial charge on any atom is -0.391 e. The van der Waals surface area contributed by atoms with Gasteiger partial charge in [-0.25, -0.2) is 0 Å². The molecule has 1 aromatic carbocycles. The molecular formula is C7H8Cl2OSi. The van der Waals surface area contributed by atoms with E-state index in [1.165, 1.54) is 5.19 Å². The minimum atomic E-state index is -0.723. The van der Waals surface area contributed by atoms with E-state index in [0.29, 0.717) is 0 Å². The molecule has 11 heavy (non-hydrogen) atoms. The lowest BCUT2D eigenvalue weighted by atomic mass is 10.4. The summed E-state index contributed by atoms with van der Waals surface area (Å²) in [5, 5.41) is 0.528. The van der Waals surface area contributed by atoms with Crippen LogP contribution in [0.3, 0.4) is 0 Å². The summed E-state index contributed by atoms with van der Waals surface area (Å²) in [7, 11) is -0.723. The maximum Gasteiger partial charge on any atom is 0.197 e. The lowest BCUT2D eigenvalue weighted by molar-refractivity contribution is 0.383. The van der Waals surface area contributed by atoms with Gasteiger partial charge >= 0.3 is 0 Å². The Morgan fingerprint density at radius 1 is 1.18 bits per heavy atom. The summed E-state index contributed by atoms with van der Waals surface area (Å²) < 4.78 is 5.10. The van der Waals surface area contributed by atoms with Crippen molar-refractivity contribution in [2.75, 3.05) is 0 Å². The van der Waals surface area contributed by atoms with Crippen LogP contribution in [0.5, 0.6) is 0 Å². The summed E-state index contributed by atoms with van der Waals surface area (Å²) in [6, 6.07) is 9.95. The van der Waals surface area contributed by atoms with Crippen molar-refractivity contribution in [2.24, 2.45) is 0 Å². The van der Waals surface area contributed by atoms with Crippen LogP contribution in [0.1, 0.15) is 0 Å². The fourth-order valence-electron chi connectivity index (χ4n) is 0.733. The Hall–Kier alpha value is -0.0231. The summed E-state index contributed by atoms with van der Waals surface area (Å²) in [4.78, 5) is 0. The normalized spacial score (nSPS) is 11.5. The zero-order chi connectivity index (χ0) is 8.10. The van der Waals surface area contributed by atoms with Crippen LogP contribution in [0.25, 0.3) is 0 Å². The van der Waals surface area contributed by atoms with Gasteiger partial charge in [-0.15, -0.1) is 0 Å². The van der Waals surface area contributed by atoms with Crippen molar-refractivity contribution in [3.8, 4) is 0 Å². The molecule has 0 heterocycles. The quantitative estimate of drug-likeness (QED) is 0.534. The molecule has 0 saturated carbocycles. The van der Waals surface area contributed by atoms with E-state index in [-0.39, 0.29) is 0 Å². The van der Waals surface area contributed by atoms with Gasteiger partial charge in [0.1, 0.15) is 0 Å². The first kappa shape index (κ1) is 9.07. The van der Waals surface area contributed by atoms with Gasteiger partial charge in [0.2, 0.25) is 0 Å². The first-order chi connectivity index (χ1) is 5.29. The molecule has 0 radical (unpaired) electrons. The Bertz CT molecular complexity index is 203. The molecule has 0 saturated heterocycles. The van der Waals surface area contributed by atoms with E-state index in [1.54, 1.807) is 0 Å². The smallest absolute Gasteiger partial charge is 0.197 e. The monoisotopic (exact) mass is 206 g/mol. The first-order valence-corrected chi connectivity index (χ1v) is 5.38. The Labute approximate surface area is 78.2 Å². The second-order valence-corrected chi connectivity index (χ2v) is 4.51. The topological polar surface area (TPSA) is 9.23 Å². The van der Waals surface area contributed by atoms with E-state index in [2.05, 4.69) is 0 Å². The number of hydrogen-bond acceptors (Lipinski definition) is 1. The molecule has 1 nitrogen and oxygen atoms in total. The first-order valence-electron chi connectivity index (χ1n) is 3.23. The maximum absolute atomic E-state index is 5.41. The highest BCUT2D eigenvalue weighted by atomic mass is 35.5. The van der Waals surface area contributed by atoms with Gasteiger partial charge in [-0.05, 0) is 5.19 Å². The van der Waals surface area contributed by atoms with Crippen LogP contribution in [0.4, 0.5) is 0 Å². The zero-order valence-electron chi connectivity index (χ0n) is 5.84. The second-order valence-electron chi connectivity index (χ2n) is 2.06. The predicted octanol–water partition coefficient (Wildman–Crippen LogP) is 1.17. The van der Waals surface area contributed by atoms with Crippen molar-refractivity contribution in [3.63, 3.8) is 0 Å². The van der Waals surface area contributed by atoms with Gasteiger partial charge in [0.15, 0.2) is 14.8 Å². The van der Waals surface area contributed by atoms with Crippen molar-refractivity contribution >= 4 is 38.2 Å². The van der Waals surface area contributed by atoms with Gasteiger partial charge in [-0.1, -0.05) is 53.5 Å². The van der Waals surface area contributed by atoms with Crippen LogP contribution in [0.2, 0.25) is 0 Å². The van der Waals surface area contributed by atoms with Crippen molar-refractivity contribution < 1.29 is 4.43 Å². The van der Waals surface area contributed by atoms with E-state index in [1.807, 2.05) is 30.3 Å². The summed E-state index contributed by atoms with van der Waals surface area (Å²) in [6.07, 6.45) is 0. The fraction of sp³-hybridized carbons (Fsp3) is 0.143. The molecule has 0 aliphatic carbocycles. The average Bonchev–Trinajstić information content (AvgIpc) is 2.03. The molecule has 1 rings (SSSR count). The van der Waals surface area contributed by atoms with E-state index in [9.17, 15) is 0 Å². The molecule has 0 spiro atoms. The predicted molar refractivity (Wildman–Crippen MR) is 51.2 cm³/mol. The van der Waals surface area contributed by atoms with Gasteiger partial charge in [0.05, 0.1) is 0 Å². The minimum absolute atomic E-state index is 0.679. The summed E-state index contributed by atoms with van der Waals surface area (Å²) in [5.41, 5.74) is 0. The third-order valence-corrected chi connectivity index (χ3v) is 3.20. The summed E-state index contributed by atoms with van der Waals surface area (Å²) in [6.45, 7) is 0. The van der Waals surface area contributed by atoms with E-state index in [0.717, 1.165) is 0 Å². The number of alkyl halides is 2. The van der Waals surface area contributed by atoms with E-state index < -0.39 is 14.8 Å². The van der Waals surface area contributed by atoms with E-state index in [4.69, 9.17) is 27.6 Å². The lowest BCUT2D eigenvalue weighted by Crippen LogP contribution is -2.18. The van der Waals surface area contributed by atoms with E-state index >= 15 is 0 Å². The molecule has 0 aromatic heterocycles. The Morgan fingerprint density at radius 2 is 1.82 bits per heavy atom. The molecule has 0 fully saturated rings.